The molecule has 0 amide bonds. The average Bonchev–Trinajstić information content (AvgIpc) is 2.46. The molecule has 1 rings (SSSR count). The Kier molecular flexibility index (Phi) is 6.09. The topological polar surface area (TPSA) is 144 Å². The molecule has 1 heterocycles. The molecule has 0 saturated carbocycles. The Morgan fingerprint density at radius 3 is 1.89 bits per heavy atom. The van der Waals surface area contributed by atoms with E-state index in [1.54, 1.807) is 0 Å². The van der Waals surface area contributed by atoms with Crippen LogP contribution in [0.1, 0.15) is 38.4 Å². The first kappa shape index (κ1) is 16.7. The summed E-state index contributed by atoms with van der Waals surface area (Å²) in [7, 11) is -4.67. The van der Waals surface area contributed by atoms with Crippen LogP contribution in [-0.2, 0) is 10.4 Å². The van der Waals surface area contributed by atoms with E-state index in [9.17, 15) is 0 Å². The van der Waals surface area contributed by atoms with Gasteiger partial charge in [0.25, 0.3) is 0 Å². The molecular formula is C9H20N4O4S. The van der Waals surface area contributed by atoms with Crippen molar-refractivity contribution in [1.82, 2.24) is 9.78 Å². The van der Waals surface area contributed by atoms with E-state index in [1.807, 2.05) is 11.6 Å². The molecule has 9 heteroatoms. The molecule has 1 aromatic rings. The largest absolute Gasteiger partial charge is 0.394 e. The SMILES string of the molecule is CCC(CC)n1nc(C)c(N)c1N.O=S(=O)(O)O. The summed E-state index contributed by atoms with van der Waals surface area (Å²) < 4.78 is 33.4. The zero-order valence-electron chi connectivity index (χ0n) is 10.7. The number of nitrogens with two attached hydrogens (primary N) is 2. The Morgan fingerprint density at radius 1 is 1.28 bits per heavy atom. The van der Waals surface area contributed by atoms with Crippen LogP contribution >= 0.6 is 0 Å². The monoisotopic (exact) mass is 280 g/mol. The normalized spacial score (nSPS) is 11.2. The number of nitrogens with zero attached hydrogens (tertiary/aromatic N) is 2. The molecule has 0 radical (unpaired) electrons. The van der Waals surface area contributed by atoms with Gasteiger partial charge in [-0.3, -0.25) is 9.11 Å². The summed E-state index contributed by atoms with van der Waals surface area (Å²) in [6.07, 6.45) is 2.06. The summed E-state index contributed by atoms with van der Waals surface area (Å²) in [5.41, 5.74) is 13.0. The Labute approximate surface area is 107 Å². The Balaban J connectivity index is 0.000000494. The van der Waals surface area contributed by atoms with Crippen molar-refractivity contribution >= 4 is 21.9 Å². The minimum Gasteiger partial charge on any atom is -0.394 e. The summed E-state index contributed by atoms with van der Waals surface area (Å²) in [6.45, 7) is 6.13. The third kappa shape index (κ3) is 5.34. The molecule has 0 aromatic carbocycles. The van der Waals surface area contributed by atoms with Crippen molar-refractivity contribution in [1.29, 1.82) is 0 Å². The molecule has 0 saturated heterocycles. The second-order valence-electron chi connectivity index (χ2n) is 3.75. The van der Waals surface area contributed by atoms with Crippen molar-refractivity contribution in [3.8, 4) is 0 Å². The lowest BCUT2D eigenvalue weighted by atomic mass is 10.2. The Hall–Kier alpha value is -1.32. The van der Waals surface area contributed by atoms with E-state index >= 15 is 0 Å². The highest BCUT2D eigenvalue weighted by Crippen LogP contribution is 2.25. The van der Waals surface area contributed by atoms with Gasteiger partial charge in [0.05, 0.1) is 17.4 Å². The molecule has 0 spiro atoms. The number of hydrogen-bond acceptors (Lipinski definition) is 5. The minimum absolute atomic E-state index is 0.371. The molecule has 0 fully saturated rings. The van der Waals surface area contributed by atoms with Crippen molar-refractivity contribution in [2.75, 3.05) is 11.5 Å². The van der Waals surface area contributed by atoms with E-state index in [0.29, 0.717) is 17.5 Å². The zero-order chi connectivity index (χ0) is 14.5. The second kappa shape index (κ2) is 6.57. The van der Waals surface area contributed by atoms with Gasteiger partial charge >= 0.3 is 10.4 Å². The molecule has 0 bridgehead atoms. The molecule has 0 aliphatic heterocycles. The van der Waals surface area contributed by atoms with Crippen LogP contribution in [0.2, 0.25) is 0 Å². The highest BCUT2D eigenvalue weighted by atomic mass is 32.3. The van der Waals surface area contributed by atoms with Crippen molar-refractivity contribution in [2.24, 2.45) is 0 Å². The van der Waals surface area contributed by atoms with E-state index in [2.05, 4.69) is 18.9 Å². The van der Waals surface area contributed by atoms with Gasteiger partial charge in [0.2, 0.25) is 0 Å². The maximum atomic E-state index is 8.74. The first-order chi connectivity index (χ1) is 8.11. The van der Waals surface area contributed by atoms with Crippen LogP contribution in [0.25, 0.3) is 0 Å². The number of aromatic nitrogens is 2. The number of rotatable bonds is 3. The summed E-state index contributed by atoms with van der Waals surface area (Å²) in [5.74, 6) is 0.603. The van der Waals surface area contributed by atoms with E-state index in [-0.39, 0.29) is 0 Å². The number of hydrogen-bond donors (Lipinski definition) is 4. The summed E-state index contributed by atoms with van der Waals surface area (Å²) in [5, 5.41) is 4.32. The molecule has 0 unspecified atom stereocenters. The van der Waals surface area contributed by atoms with Crippen molar-refractivity contribution in [3.05, 3.63) is 5.69 Å². The van der Waals surface area contributed by atoms with E-state index in [0.717, 1.165) is 18.5 Å². The maximum absolute atomic E-state index is 8.74. The summed E-state index contributed by atoms with van der Waals surface area (Å²) >= 11 is 0. The van der Waals surface area contributed by atoms with Gasteiger partial charge in [0.15, 0.2) is 0 Å². The van der Waals surface area contributed by atoms with Crippen LogP contribution < -0.4 is 11.5 Å². The molecule has 106 valence electrons. The third-order valence-electron chi connectivity index (χ3n) is 2.46. The fourth-order valence-electron chi connectivity index (χ4n) is 1.49. The number of aryl methyl sites for hydroxylation is 1. The Morgan fingerprint density at radius 2 is 1.67 bits per heavy atom. The highest BCUT2D eigenvalue weighted by molar-refractivity contribution is 7.79. The molecule has 0 aliphatic rings. The van der Waals surface area contributed by atoms with Crippen molar-refractivity contribution in [3.63, 3.8) is 0 Å². The van der Waals surface area contributed by atoms with Gasteiger partial charge in [-0.1, -0.05) is 13.8 Å². The van der Waals surface area contributed by atoms with E-state index < -0.39 is 10.4 Å². The fourth-order valence-corrected chi connectivity index (χ4v) is 1.49. The number of anilines is 2. The summed E-state index contributed by atoms with van der Waals surface area (Å²) in [4.78, 5) is 0. The average molecular weight is 280 g/mol. The van der Waals surface area contributed by atoms with Crippen LogP contribution in [-0.4, -0.2) is 27.3 Å². The van der Waals surface area contributed by atoms with Gasteiger partial charge in [0.1, 0.15) is 5.82 Å². The van der Waals surface area contributed by atoms with Crippen LogP contribution in [0.4, 0.5) is 11.5 Å². The van der Waals surface area contributed by atoms with Crippen LogP contribution in [0.15, 0.2) is 0 Å². The van der Waals surface area contributed by atoms with Gasteiger partial charge in [0, 0.05) is 0 Å². The fraction of sp³-hybridized carbons (Fsp3) is 0.667. The van der Waals surface area contributed by atoms with Gasteiger partial charge in [-0.2, -0.15) is 13.5 Å². The van der Waals surface area contributed by atoms with Gasteiger partial charge in [-0.25, -0.2) is 4.68 Å². The number of nitrogen functional groups attached to an aromatic ring is 2. The third-order valence-corrected chi connectivity index (χ3v) is 2.46. The summed E-state index contributed by atoms with van der Waals surface area (Å²) in [6, 6.07) is 0.371. The lowest BCUT2D eigenvalue weighted by molar-refractivity contribution is 0.381. The predicted molar refractivity (Wildman–Crippen MR) is 69.6 cm³/mol. The van der Waals surface area contributed by atoms with E-state index in [1.165, 1.54) is 0 Å². The lowest BCUT2D eigenvalue weighted by Gasteiger charge is -2.14. The maximum Gasteiger partial charge on any atom is 0.394 e. The Bertz CT molecular complexity index is 471. The second-order valence-corrected chi connectivity index (χ2v) is 4.64. The molecule has 0 atom stereocenters. The van der Waals surface area contributed by atoms with Crippen LogP contribution in [0.3, 0.4) is 0 Å². The van der Waals surface area contributed by atoms with Gasteiger partial charge in [-0.05, 0) is 19.8 Å². The van der Waals surface area contributed by atoms with Crippen molar-refractivity contribution in [2.45, 2.75) is 39.7 Å². The van der Waals surface area contributed by atoms with Gasteiger partial charge in [-0.15, -0.1) is 0 Å². The minimum atomic E-state index is -4.67. The molecule has 0 aliphatic carbocycles. The van der Waals surface area contributed by atoms with Gasteiger partial charge < -0.3 is 11.5 Å². The molecule has 18 heavy (non-hydrogen) atoms. The standard InChI is InChI=1S/C9H18N4.H2O4S/c1-4-7(5-2)13-9(11)8(10)6(3)12-13;1-5(2,3)4/h7H,4-5,10-11H2,1-3H3;(H2,1,2,3,4). The molecule has 6 N–H and O–H groups in total. The first-order valence-electron chi connectivity index (χ1n) is 5.41. The molecular weight excluding hydrogens is 260 g/mol. The van der Waals surface area contributed by atoms with E-state index in [4.69, 9.17) is 29.0 Å². The highest BCUT2D eigenvalue weighted by Gasteiger charge is 2.14. The predicted octanol–water partition coefficient (Wildman–Crippen LogP) is 1.06. The molecule has 1 aromatic heterocycles. The molecule has 8 nitrogen and oxygen atoms in total. The van der Waals surface area contributed by atoms with Crippen molar-refractivity contribution < 1.29 is 17.5 Å². The zero-order valence-corrected chi connectivity index (χ0v) is 11.5. The quantitative estimate of drug-likeness (QED) is 0.606. The smallest absolute Gasteiger partial charge is 0.394 e. The first-order valence-corrected chi connectivity index (χ1v) is 6.81. The van der Waals surface area contributed by atoms with Crippen LogP contribution in [0.5, 0.6) is 0 Å². The van der Waals surface area contributed by atoms with Crippen LogP contribution in [0, 0.1) is 6.92 Å². The lowest BCUT2D eigenvalue weighted by Crippen LogP contribution is -2.12.